The Kier molecular flexibility index (Phi) is 3.61. The van der Waals surface area contributed by atoms with Crippen molar-refractivity contribution in [3.8, 4) is 0 Å². The highest BCUT2D eigenvalue weighted by Crippen LogP contribution is 2.32. The number of benzene rings is 3. The molecule has 0 amide bonds. The minimum atomic E-state index is 0.187. The van der Waals surface area contributed by atoms with Gasteiger partial charge in [-0.25, -0.2) is 0 Å². The van der Waals surface area contributed by atoms with Crippen molar-refractivity contribution in [2.45, 2.75) is 5.92 Å². The van der Waals surface area contributed by atoms with Crippen LogP contribution in [-0.4, -0.2) is 0 Å². The summed E-state index contributed by atoms with van der Waals surface area (Å²) >= 11 is 0. The van der Waals surface area contributed by atoms with E-state index in [0.717, 1.165) is 11.4 Å². The molecule has 0 aliphatic carbocycles. The molecule has 3 rings (SSSR count). The average Bonchev–Trinajstić information content (AvgIpc) is 2.52. The molecule has 0 saturated carbocycles. The number of anilines is 2. The van der Waals surface area contributed by atoms with Crippen molar-refractivity contribution >= 4 is 11.4 Å². The Bertz CT molecular complexity index is 655. The van der Waals surface area contributed by atoms with Crippen LogP contribution in [0.4, 0.5) is 11.4 Å². The molecule has 3 aromatic carbocycles. The Morgan fingerprint density at radius 1 is 0.476 bits per heavy atom. The topological polar surface area (TPSA) is 52.0 Å². The second-order valence-corrected chi connectivity index (χ2v) is 5.18. The highest BCUT2D eigenvalue weighted by atomic mass is 14.5. The lowest BCUT2D eigenvalue weighted by Gasteiger charge is -2.19. The van der Waals surface area contributed by atoms with E-state index in [0.29, 0.717) is 0 Å². The summed E-state index contributed by atoms with van der Waals surface area (Å²) in [5.74, 6) is 0.187. The summed E-state index contributed by atoms with van der Waals surface area (Å²) in [6, 6.07) is 26.6. The summed E-state index contributed by atoms with van der Waals surface area (Å²) in [5.41, 5.74) is 16.9. The number of hydrogen-bond acceptors (Lipinski definition) is 2. The maximum Gasteiger partial charge on any atom is 0.0340 e. The van der Waals surface area contributed by atoms with Gasteiger partial charge in [-0.05, 0) is 41.0 Å². The van der Waals surface area contributed by atoms with E-state index < -0.39 is 0 Å². The van der Waals surface area contributed by atoms with Gasteiger partial charge in [-0.1, -0.05) is 54.6 Å². The molecule has 0 aliphatic heterocycles. The van der Waals surface area contributed by atoms with Gasteiger partial charge in [0.15, 0.2) is 0 Å². The van der Waals surface area contributed by atoms with Crippen LogP contribution in [0.1, 0.15) is 22.6 Å². The first-order valence-corrected chi connectivity index (χ1v) is 7.00. The molecular weight excluding hydrogens is 256 g/mol. The molecule has 0 bridgehead atoms. The maximum absolute atomic E-state index is 5.81. The minimum absolute atomic E-state index is 0.187. The standard InChI is InChI=1S/C19H18N2/c20-17-10-6-15(7-11-17)19(14-4-2-1-3-5-14)16-8-12-18(21)13-9-16/h1-13,19H,20-21H2. The van der Waals surface area contributed by atoms with Crippen LogP contribution >= 0.6 is 0 Å². The van der Waals surface area contributed by atoms with Gasteiger partial charge in [0.25, 0.3) is 0 Å². The monoisotopic (exact) mass is 274 g/mol. The van der Waals surface area contributed by atoms with E-state index in [1.165, 1.54) is 16.7 Å². The van der Waals surface area contributed by atoms with Gasteiger partial charge in [0.05, 0.1) is 0 Å². The van der Waals surface area contributed by atoms with E-state index in [2.05, 4.69) is 48.5 Å². The molecule has 4 N–H and O–H groups in total. The van der Waals surface area contributed by atoms with Crippen LogP contribution in [0.15, 0.2) is 78.9 Å². The average molecular weight is 274 g/mol. The zero-order valence-electron chi connectivity index (χ0n) is 11.7. The molecule has 0 unspecified atom stereocenters. The third kappa shape index (κ3) is 2.90. The lowest BCUT2D eigenvalue weighted by Crippen LogP contribution is -2.03. The van der Waals surface area contributed by atoms with Gasteiger partial charge in [0.1, 0.15) is 0 Å². The molecule has 2 heteroatoms. The predicted molar refractivity (Wildman–Crippen MR) is 89.1 cm³/mol. The first-order chi connectivity index (χ1) is 10.2. The lowest BCUT2D eigenvalue weighted by atomic mass is 9.85. The van der Waals surface area contributed by atoms with Crippen molar-refractivity contribution in [1.29, 1.82) is 0 Å². The molecule has 0 atom stereocenters. The fraction of sp³-hybridized carbons (Fsp3) is 0.0526. The van der Waals surface area contributed by atoms with Gasteiger partial charge in [0, 0.05) is 17.3 Å². The third-order valence-electron chi connectivity index (χ3n) is 3.67. The van der Waals surface area contributed by atoms with E-state index in [4.69, 9.17) is 11.5 Å². The van der Waals surface area contributed by atoms with Crippen molar-refractivity contribution in [1.82, 2.24) is 0 Å². The van der Waals surface area contributed by atoms with Crippen molar-refractivity contribution in [2.75, 3.05) is 11.5 Å². The molecular formula is C19H18N2. The van der Waals surface area contributed by atoms with E-state index in [9.17, 15) is 0 Å². The van der Waals surface area contributed by atoms with Gasteiger partial charge in [0.2, 0.25) is 0 Å². The Morgan fingerprint density at radius 2 is 0.857 bits per heavy atom. The molecule has 0 aromatic heterocycles. The van der Waals surface area contributed by atoms with E-state index in [1.54, 1.807) is 0 Å². The number of rotatable bonds is 3. The molecule has 2 nitrogen and oxygen atoms in total. The molecule has 0 spiro atoms. The molecule has 0 aliphatic rings. The number of hydrogen-bond donors (Lipinski definition) is 2. The Labute approximate surface area is 125 Å². The summed E-state index contributed by atoms with van der Waals surface area (Å²) in [6.07, 6.45) is 0. The van der Waals surface area contributed by atoms with Crippen molar-refractivity contribution in [3.05, 3.63) is 95.6 Å². The molecule has 0 radical (unpaired) electrons. The van der Waals surface area contributed by atoms with Crippen LogP contribution < -0.4 is 11.5 Å². The molecule has 104 valence electrons. The van der Waals surface area contributed by atoms with E-state index in [-0.39, 0.29) is 5.92 Å². The molecule has 3 aromatic rings. The Morgan fingerprint density at radius 3 is 1.29 bits per heavy atom. The minimum Gasteiger partial charge on any atom is -0.399 e. The quantitative estimate of drug-likeness (QED) is 0.559. The Hall–Kier alpha value is -2.74. The first-order valence-electron chi connectivity index (χ1n) is 7.00. The number of nitrogen functional groups attached to an aromatic ring is 2. The normalized spacial score (nSPS) is 10.7. The molecule has 0 heterocycles. The van der Waals surface area contributed by atoms with Crippen molar-refractivity contribution < 1.29 is 0 Å². The van der Waals surface area contributed by atoms with Crippen molar-refractivity contribution in [2.24, 2.45) is 0 Å². The summed E-state index contributed by atoms with van der Waals surface area (Å²) in [4.78, 5) is 0. The summed E-state index contributed by atoms with van der Waals surface area (Å²) in [5, 5.41) is 0. The lowest BCUT2D eigenvalue weighted by molar-refractivity contribution is 0.978. The molecule has 0 fully saturated rings. The van der Waals surface area contributed by atoms with Crippen LogP contribution in [0.2, 0.25) is 0 Å². The van der Waals surface area contributed by atoms with E-state index >= 15 is 0 Å². The fourth-order valence-corrected chi connectivity index (χ4v) is 2.60. The number of nitrogens with two attached hydrogens (primary N) is 2. The van der Waals surface area contributed by atoms with Gasteiger partial charge < -0.3 is 11.5 Å². The zero-order chi connectivity index (χ0) is 14.7. The van der Waals surface area contributed by atoms with Crippen LogP contribution in [0, 0.1) is 0 Å². The van der Waals surface area contributed by atoms with Crippen LogP contribution in [-0.2, 0) is 0 Å². The maximum atomic E-state index is 5.81. The van der Waals surface area contributed by atoms with Crippen LogP contribution in [0.3, 0.4) is 0 Å². The fourth-order valence-electron chi connectivity index (χ4n) is 2.60. The summed E-state index contributed by atoms with van der Waals surface area (Å²) in [7, 11) is 0. The highest BCUT2D eigenvalue weighted by Gasteiger charge is 2.16. The van der Waals surface area contributed by atoms with Crippen molar-refractivity contribution in [3.63, 3.8) is 0 Å². The van der Waals surface area contributed by atoms with Crippen LogP contribution in [0.25, 0.3) is 0 Å². The SMILES string of the molecule is Nc1ccc(C(c2ccccc2)c2ccc(N)cc2)cc1. The van der Waals surface area contributed by atoms with Gasteiger partial charge in [-0.3, -0.25) is 0 Å². The third-order valence-corrected chi connectivity index (χ3v) is 3.67. The van der Waals surface area contributed by atoms with Gasteiger partial charge in [-0.2, -0.15) is 0 Å². The Balaban J connectivity index is 2.11. The second-order valence-electron chi connectivity index (χ2n) is 5.18. The summed E-state index contributed by atoms with van der Waals surface area (Å²) < 4.78 is 0. The largest absolute Gasteiger partial charge is 0.399 e. The predicted octanol–water partition coefficient (Wildman–Crippen LogP) is 4.03. The second kappa shape index (κ2) is 5.71. The first kappa shape index (κ1) is 13.3. The molecule has 21 heavy (non-hydrogen) atoms. The highest BCUT2D eigenvalue weighted by molar-refractivity contribution is 5.49. The van der Waals surface area contributed by atoms with E-state index in [1.807, 2.05) is 30.3 Å². The smallest absolute Gasteiger partial charge is 0.0340 e. The van der Waals surface area contributed by atoms with Crippen LogP contribution in [0.5, 0.6) is 0 Å². The molecule has 0 saturated heterocycles. The zero-order valence-corrected chi connectivity index (χ0v) is 11.7. The summed E-state index contributed by atoms with van der Waals surface area (Å²) in [6.45, 7) is 0. The van der Waals surface area contributed by atoms with Gasteiger partial charge >= 0.3 is 0 Å². The van der Waals surface area contributed by atoms with Gasteiger partial charge in [-0.15, -0.1) is 0 Å².